The largest absolute Gasteiger partial charge is 0.342 e. The predicted molar refractivity (Wildman–Crippen MR) is 73.6 cm³/mol. The number of benzene rings is 1. The zero-order chi connectivity index (χ0) is 13.0. The van der Waals surface area contributed by atoms with Crippen molar-refractivity contribution in [2.24, 2.45) is 0 Å². The SMILES string of the molecule is CN(CC(=O)N1CCCC1)Cc1ccccc1Cl. The summed E-state index contributed by atoms with van der Waals surface area (Å²) in [6.45, 7) is 3.00. The predicted octanol–water partition coefficient (Wildman–Crippen LogP) is 2.39. The number of halogens is 1. The Morgan fingerprint density at radius 3 is 2.67 bits per heavy atom. The van der Waals surface area contributed by atoms with Crippen LogP contribution in [0.4, 0.5) is 0 Å². The summed E-state index contributed by atoms with van der Waals surface area (Å²) in [4.78, 5) is 15.9. The van der Waals surface area contributed by atoms with Crippen molar-refractivity contribution in [2.45, 2.75) is 19.4 Å². The summed E-state index contributed by atoms with van der Waals surface area (Å²) < 4.78 is 0. The molecule has 0 aromatic heterocycles. The van der Waals surface area contributed by atoms with E-state index in [0.29, 0.717) is 13.1 Å². The van der Waals surface area contributed by atoms with Crippen molar-refractivity contribution < 1.29 is 4.79 Å². The first kappa shape index (κ1) is 13.4. The highest BCUT2D eigenvalue weighted by molar-refractivity contribution is 6.31. The van der Waals surface area contributed by atoms with Gasteiger partial charge in [-0.3, -0.25) is 9.69 Å². The lowest BCUT2D eigenvalue weighted by Crippen LogP contribution is -2.37. The third-order valence-electron chi connectivity index (χ3n) is 3.26. The summed E-state index contributed by atoms with van der Waals surface area (Å²) in [5, 5.41) is 0.762. The van der Waals surface area contributed by atoms with Crippen LogP contribution in [0, 0.1) is 0 Å². The Labute approximate surface area is 113 Å². The van der Waals surface area contributed by atoms with Crippen molar-refractivity contribution in [3.05, 3.63) is 34.9 Å². The Bertz CT molecular complexity index is 416. The molecule has 98 valence electrons. The number of nitrogens with zero attached hydrogens (tertiary/aromatic N) is 2. The molecule has 3 nitrogen and oxygen atoms in total. The molecule has 1 aromatic rings. The number of likely N-dealkylation sites (tertiary alicyclic amines) is 1. The number of hydrogen-bond acceptors (Lipinski definition) is 2. The first-order valence-corrected chi connectivity index (χ1v) is 6.74. The monoisotopic (exact) mass is 266 g/mol. The molecule has 0 aliphatic carbocycles. The quantitative estimate of drug-likeness (QED) is 0.836. The molecule has 18 heavy (non-hydrogen) atoms. The molecule has 1 aliphatic heterocycles. The second kappa shape index (κ2) is 6.21. The molecule has 0 unspecified atom stereocenters. The molecule has 1 saturated heterocycles. The summed E-state index contributed by atoms with van der Waals surface area (Å²) in [5.74, 6) is 0.224. The Kier molecular flexibility index (Phi) is 4.61. The summed E-state index contributed by atoms with van der Waals surface area (Å²) in [6, 6.07) is 7.77. The van der Waals surface area contributed by atoms with Gasteiger partial charge in [0, 0.05) is 24.7 Å². The lowest BCUT2D eigenvalue weighted by Gasteiger charge is -2.21. The second-order valence-corrected chi connectivity index (χ2v) is 5.26. The minimum absolute atomic E-state index is 0.224. The average molecular weight is 267 g/mol. The maximum absolute atomic E-state index is 12.0. The number of carbonyl (C=O) groups is 1. The maximum Gasteiger partial charge on any atom is 0.236 e. The number of hydrogen-bond donors (Lipinski definition) is 0. The first-order valence-electron chi connectivity index (χ1n) is 6.36. The fourth-order valence-electron chi connectivity index (χ4n) is 2.27. The van der Waals surface area contributed by atoms with E-state index in [1.54, 1.807) is 0 Å². The Hall–Kier alpha value is -1.06. The molecule has 1 aliphatic rings. The van der Waals surface area contributed by atoms with Crippen molar-refractivity contribution in [1.82, 2.24) is 9.80 Å². The lowest BCUT2D eigenvalue weighted by atomic mass is 10.2. The highest BCUT2D eigenvalue weighted by Crippen LogP contribution is 2.16. The maximum atomic E-state index is 12.0. The average Bonchev–Trinajstić information content (AvgIpc) is 2.85. The third kappa shape index (κ3) is 3.47. The van der Waals surface area contributed by atoms with Crippen LogP contribution in [0.25, 0.3) is 0 Å². The summed E-state index contributed by atoms with van der Waals surface area (Å²) in [6.07, 6.45) is 2.28. The van der Waals surface area contributed by atoms with Gasteiger partial charge in [0.05, 0.1) is 6.54 Å². The third-order valence-corrected chi connectivity index (χ3v) is 3.63. The molecule has 1 aromatic carbocycles. The molecule has 0 bridgehead atoms. The highest BCUT2D eigenvalue weighted by Gasteiger charge is 2.19. The molecule has 1 amide bonds. The van der Waals surface area contributed by atoms with Crippen LogP contribution in [0.5, 0.6) is 0 Å². The molecule has 1 heterocycles. The summed E-state index contributed by atoms with van der Waals surface area (Å²) in [5.41, 5.74) is 1.07. The highest BCUT2D eigenvalue weighted by atomic mass is 35.5. The van der Waals surface area contributed by atoms with Crippen molar-refractivity contribution >= 4 is 17.5 Å². The van der Waals surface area contributed by atoms with Gasteiger partial charge in [-0.2, -0.15) is 0 Å². The topological polar surface area (TPSA) is 23.6 Å². The fourth-order valence-corrected chi connectivity index (χ4v) is 2.47. The van der Waals surface area contributed by atoms with E-state index in [0.717, 1.165) is 36.5 Å². The van der Waals surface area contributed by atoms with Crippen molar-refractivity contribution in [3.8, 4) is 0 Å². The Morgan fingerprint density at radius 1 is 1.33 bits per heavy atom. The number of likely N-dealkylation sites (N-methyl/N-ethyl adjacent to an activating group) is 1. The molecule has 0 N–H and O–H groups in total. The zero-order valence-electron chi connectivity index (χ0n) is 10.7. The summed E-state index contributed by atoms with van der Waals surface area (Å²) >= 11 is 6.11. The van der Waals surface area contributed by atoms with Crippen LogP contribution >= 0.6 is 11.6 Å². The van der Waals surface area contributed by atoms with Crippen LogP contribution in [0.15, 0.2) is 24.3 Å². The van der Waals surface area contributed by atoms with Gasteiger partial charge in [0.1, 0.15) is 0 Å². The minimum atomic E-state index is 0.224. The van der Waals surface area contributed by atoms with Crippen molar-refractivity contribution in [1.29, 1.82) is 0 Å². The van der Waals surface area contributed by atoms with Crippen LogP contribution in [0.3, 0.4) is 0 Å². The van der Waals surface area contributed by atoms with Crippen LogP contribution in [0.1, 0.15) is 18.4 Å². The van der Waals surface area contributed by atoms with Crippen LogP contribution in [-0.4, -0.2) is 42.4 Å². The van der Waals surface area contributed by atoms with E-state index in [9.17, 15) is 4.79 Å². The van der Waals surface area contributed by atoms with Gasteiger partial charge in [0.2, 0.25) is 5.91 Å². The molecule has 0 saturated carbocycles. The van der Waals surface area contributed by atoms with Gasteiger partial charge in [-0.15, -0.1) is 0 Å². The molecular weight excluding hydrogens is 248 g/mol. The van der Waals surface area contributed by atoms with Gasteiger partial charge in [0.15, 0.2) is 0 Å². The molecule has 0 atom stereocenters. The Balaban J connectivity index is 1.86. The van der Waals surface area contributed by atoms with E-state index >= 15 is 0 Å². The molecule has 4 heteroatoms. The second-order valence-electron chi connectivity index (χ2n) is 4.85. The van der Waals surface area contributed by atoms with Crippen LogP contribution in [0.2, 0.25) is 5.02 Å². The van der Waals surface area contributed by atoms with Gasteiger partial charge < -0.3 is 4.90 Å². The van der Waals surface area contributed by atoms with E-state index in [-0.39, 0.29) is 5.91 Å². The van der Waals surface area contributed by atoms with E-state index in [1.165, 1.54) is 0 Å². The van der Waals surface area contributed by atoms with Crippen LogP contribution in [-0.2, 0) is 11.3 Å². The normalized spacial score (nSPS) is 15.4. The fraction of sp³-hybridized carbons (Fsp3) is 0.500. The first-order chi connectivity index (χ1) is 8.66. The van der Waals surface area contributed by atoms with E-state index in [2.05, 4.69) is 0 Å². The zero-order valence-corrected chi connectivity index (χ0v) is 11.5. The van der Waals surface area contributed by atoms with E-state index in [1.807, 2.05) is 41.1 Å². The molecule has 2 rings (SSSR count). The standard InChI is InChI=1S/C14H19ClN2O/c1-16(10-12-6-2-3-7-13(12)15)11-14(18)17-8-4-5-9-17/h2-3,6-7H,4-5,8-11H2,1H3. The van der Waals surface area contributed by atoms with Gasteiger partial charge in [0.25, 0.3) is 0 Å². The molecule has 0 spiro atoms. The van der Waals surface area contributed by atoms with E-state index < -0.39 is 0 Å². The molecule has 0 radical (unpaired) electrons. The van der Waals surface area contributed by atoms with Gasteiger partial charge in [-0.1, -0.05) is 29.8 Å². The Morgan fingerprint density at radius 2 is 2.00 bits per heavy atom. The van der Waals surface area contributed by atoms with Gasteiger partial charge in [-0.05, 0) is 31.5 Å². The smallest absolute Gasteiger partial charge is 0.236 e. The number of rotatable bonds is 4. The van der Waals surface area contributed by atoms with Gasteiger partial charge in [-0.25, -0.2) is 0 Å². The van der Waals surface area contributed by atoms with Crippen LogP contribution < -0.4 is 0 Å². The summed E-state index contributed by atoms with van der Waals surface area (Å²) in [7, 11) is 1.96. The van der Waals surface area contributed by atoms with Crippen molar-refractivity contribution in [3.63, 3.8) is 0 Å². The minimum Gasteiger partial charge on any atom is -0.342 e. The number of carbonyl (C=O) groups excluding carboxylic acids is 1. The van der Waals surface area contributed by atoms with Gasteiger partial charge >= 0.3 is 0 Å². The van der Waals surface area contributed by atoms with Crippen molar-refractivity contribution in [2.75, 3.05) is 26.7 Å². The van der Waals surface area contributed by atoms with E-state index in [4.69, 9.17) is 11.6 Å². The number of amides is 1. The molecule has 1 fully saturated rings. The lowest BCUT2D eigenvalue weighted by molar-refractivity contribution is -0.131. The molecular formula is C14H19ClN2O.